The Morgan fingerprint density at radius 2 is 0.913 bits per heavy atom. The molecule has 0 fully saturated rings. The summed E-state index contributed by atoms with van der Waals surface area (Å²) in [5, 5.41) is 8.71. The van der Waals surface area contributed by atoms with Crippen LogP contribution in [0, 0.1) is 0 Å². The average Bonchev–Trinajstić information content (AvgIpc) is 2.55. The van der Waals surface area contributed by atoms with Crippen LogP contribution in [0.4, 0.5) is 0 Å². The van der Waals surface area contributed by atoms with Crippen molar-refractivity contribution in [2.75, 3.05) is 0 Å². The van der Waals surface area contributed by atoms with Gasteiger partial charge < -0.3 is 0 Å². The van der Waals surface area contributed by atoms with Crippen molar-refractivity contribution in [2.45, 2.75) is 124 Å². The maximum atomic E-state index is 7.47. The Morgan fingerprint density at radius 3 is 1.26 bits per heavy atom. The molecule has 0 aliphatic heterocycles. The Labute approximate surface area is 154 Å². The van der Waals surface area contributed by atoms with Crippen molar-refractivity contribution in [3.8, 4) is 0 Å². The molecular formula is C20H46Ge2O. The van der Waals surface area contributed by atoms with E-state index in [-0.39, 0.29) is 0 Å². The number of rotatable bonds is 16. The quantitative estimate of drug-likeness (QED) is 0.171. The second-order valence-electron chi connectivity index (χ2n) is 7.59. The van der Waals surface area contributed by atoms with Crippen LogP contribution in [-0.4, -0.2) is 27.2 Å². The van der Waals surface area contributed by atoms with Gasteiger partial charge in [-0.25, -0.2) is 0 Å². The fourth-order valence-corrected chi connectivity index (χ4v) is 36.8. The summed E-state index contributed by atoms with van der Waals surface area (Å²) in [5.74, 6) is 0. The Morgan fingerprint density at radius 1 is 0.478 bits per heavy atom. The minimum atomic E-state index is -2.08. The van der Waals surface area contributed by atoms with Crippen LogP contribution in [0.2, 0.25) is 31.5 Å². The van der Waals surface area contributed by atoms with Gasteiger partial charge in [-0.3, -0.25) is 0 Å². The van der Waals surface area contributed by atoms with Gasteiger partial charge in [0.15, 0.2) is 0 Å². The predicted molar refractivity (Wildman–Crippen MR) is 112 cm³/mol. The monoisotopic (exact) mass is 450 g/mol. The molecule has 0 atom stereocenters. The molecule has 0 aliphatic rings. The molecule has 0 saturated carbocycles. The van der Waals surface area contributed by atoms with Crippen LogP contribution < -0.4 is 0 Å². The first-order valence-electron chi connectivity index (χ1n) is 10.8. The van der Waals surface area contributed by atoms with Crippen molar-refractivity contribution in [1.82, 2.24) is 0 Å². The van der Waals surface area contributed by atoms with E-state index in [4.69, 9.17) is 2.79 Å². The molecule has 0 aromatic rings. The second-order valence-corrected chi connectivity index (χ2v) is 27.3. The zero-order valence-electron chi connectivity index (χ0n) is 17.3. The van der Waals surface area contributed by atoms with Crippen LogP contribution in [0.1, 0.15) is 92.9 Å². The van der Waals surface area contributed by atoms with E-state index in [1.807, 2.05) is 0 Å². The van der Waals surface area contributed by atoms with E-state index in [0.717, 1.165) is 0 Å². The van der Waals surface area contributed by atoms with Crippen molar-refractivity contribution in [2.24, 2.45) is 0 Å². The third-order valence-corrected chi connectivity index (χ3v) is 33.5. The van der Waals surface area contributed by atoms with Gasteiger partial charge in [0.2, 0.25) is 0 Å². The fraction of sp³-hybridized carbons (Fsp3) is 1.00. The Bertz CT molecular complexity index is 258. The normalized spacial score (nSPS) is 12.8. The molecular weight excluding hydrogens is 401 g/mol. The zero-order chi connectivity index (χ0) is 17.6. The van der Waals surface area contributed by atoms with E-state index < -0.39 is 27.2 Å². The van der Waals surface area contributed by atoms with Gasteiger partial charge >= 0.3 is 154 Å². The molecule has 23 heavy (non-hydrogen) atoms. The topological polar surface area (TPSA) is 9.23 Å². The first kappa shape index (κ1) is 24.0. The number of unbranched alkanes of at least 4 members (excludes halogenated alkanes) is 4. The van der Waals surface area contributed by atoms with Crippen molar-refractivity contribution < 1.29 is 2.79 Å². The summed E-state index contributed by atoms with van der Waals surface area (Å²) < 4.78 is 7.47. The molecule has 0 amide bonds. The van der Waals surface area contributed by atoms with E-state index in [1.54, 1.807) is 0 Å². The minimum absolute atomic E-state index is 1.35. The van der Waals surface area contributed by atoms with Crippen LogP contribution in [0.5, 0.6) is 0 Å². The molecule has 1 nitrogen and oxygen atoms in total. The third-order valence-electron chi connectivity index (χ3n) is 5.60. The first-order chi connectivity index (χ1) is 11.1. The molecule has 0 aromatic carbocycles. The van der Waals surface area contributed by atoms with Gasteiger partial charge in [-0.15, -0.1) is 0 Å². The van der Waals surface area contributed by atoms with Crippen LogP contribution in [-0.2, 0) is 2.79 Å². The van der Waals surface area contributed by atoms with E-state index >= 15 is 0 Å². The van der Waals surface area contributed by atoms with Gasteiger partial charge in [0.1, 0.15) is 0 Å². The van der Waals surface area contributed by atoms with Crippen molar-refractivity contribution in [3.05, 3.63) is 0 Å². The molecule has 0 N–H and O–H groups in total. The molecule has 0 aromatic heterocycles. The summed E-state index contributed by atoms with van der Waals surface area (Å²) >= 11 is -4.14. The van der Waals surface area contributed by atoms with Crippen LogP contribution in [0.15, 0.2) is 0 Å². The predicted octanol–water partition coefficient (Wildman–Crippen LogP) is 8.13. The second kappa shape index (κ2) is 14.2. The van der Waals surface area contributed by atoms with Crippen molar-refractivity contribution in [3.63, 3.8) is 0 Å². The van der Waals surface area contributed by atoms with Gasteiger partial charge in [-0.2, -0.15) is 0 Å². The number of hydrogen-bond donors (Lipinski definition) is 0. The first-order valence-corrected chi connectivity index (χ1v) is 21.4. The van der Waals surface area contributed by atoms with Crippen molar-refractivity contribution in [1.29, 1.82) is 0 Å². The Hall–Kier alpha value is 1.05. The van der Waals surface area contributed by atoms with Crippen LogP contribution in [0.25, 0.3) is 0 Å². The molecule has 3 heteroatoms. The zero-order valence-corrected chi connectivity index (χ0v) is 21.5. The number of hydrogen-bond acceptors (Lipinski definition) is 1. The molecule has 0 aliphatic carbocycles. The van der Waals surface area contributed by atoms with Gasteiger partial charge in [-0.1, -0.05) is 0 Å². The Balaban J connectivity index is 5.13. The molecule has 0 heterocycles. The summed E-state index contributed by atoms with van der Waals surface area (Å²) in [6.07, 6.45) is 11.1. The van der Waals surface area contributed by atoms with E-state index in [1.165, 1.54) is 82.9 Å². The molecule has 0 unspecified atom stereocenters. The molecule has 0 saturated heterocycles. The van der Waals surface area contributed by atoms with Gasteiger partial charge in [0.05, 0.1) is 0 Å². The molecule has 0 radical (unpaired) electrons. The molecule has 140 valence electrons. The molecule has 0 bridgehead atoms. The van der Waals surface area contributed by atoms with Gasteiger partial charge in [0.25, 0.3) is 0 Å². The van der Waals surface area contributed by atoms with E-state index in [0.29, 0.717) is 0 Å². The average molecular weight is 448 g/mol. The van der Waals surface area contributed by atoms with Gasteiger partial charge in [-0.05, 0) is 0 Å². The van der Waals surface area contributed by atoms with E-state index in [9.17, 15) is 0 Å². The standard InChI is InChI=1S/C20H46Ge2O/c1-7-13-15-19-21(11-5,12-6)23-22(17-9-3,18-10-4)20-16-14-8-2/h7-20H2,1-6H3. The summed E-state index contributed by atoms with van der Waals surface area (Å²) in [7, 11) is 0. The summed E-state index contributed by atoms with van der Waals surface area (Å²) in [6.45, 7) is 14.3. The van der Waals surface area contributed by atoms with Crippen LogP contribution in [0.3, 0.4) is 0 Å². The van der Waals surface area contributed by atoms with Crippen molar-refractivity contribution >= 4 is 27.2 Å². The summed E-state index contributed by atoms with van der Waals surface area (Å²) in [6, 6.07) is 0. The third kappa shape index (κ3) is 9.35. The SMILES string of the molecule is CCCC[CH2][Ge]([CH2]C)([CH2]C)[O][Ge]([CH2]CC)([CH2]CC)[CH2]CCCC. The van der Waals surface area contributed by atoms with Crippen LogP contribution >= 0.6 is 0 Å². The molecule has 0 spiro atoms. The van der Waals surface area contributed by atoms with E-state index in [2.05, 4.69) is 41.5 Å². The maximum absolute atomic E-state index is 7.47. The summed E-state index contributed by atoms with van der Waals surface area (Å²) in [4.78, 5) is 0. The van der Waals surface area contributed by atoms with Gasteiger partial charge in [0, 0.05) is 0 Å². The fourth-order valence-electron chi connectivity index (χ4n) is 4.09. The summed E-state index contributed by atoms with van der Waals surface area (Å²) in [5.41, 5.74) is 0. The Kier molecular flexibility index (Phi) is 14.9. The molecule has 0 rings (SSSR count).